The van der Waals surface area contributed by atoms with Gasteiger partial charge in [-0.2, -0.15) is 0 Å². The zero-order valence-electron chi connectivity index (χ0n) is 15.2. The first-order chi connectivity index (χ1) is 13.0. The maximum atomic E-state index is 12.5. The molecule has 0 saturated carbocycles. The molecule has 0 aliphatic rings. The molecule has 0 radical (unpaired) electrons. The van der Waals surface area contributed by atoms with Gasteiger partial charge in [-0.15, -0.1) is 0 Å². The lowest BCUT2D eigenvalue weighted by Gasteiger charge is -2.07. The number of aromatic amines is 1. The molecule has 136 valence electrons. The van der Waals surface area contributed by atoms with E-state index in [-0.39, 0.29) is 18.2 Å². The van der Waals surface area contributed by atoms with Gasteiger partial charge in [-0.1, -0.05) is 36.4 Å². The fourth-order valence-electron chi connectivity index (χ4n) is 3.48. The third-order valence-corrected chi connectivity index (χ3v) is 4.82. The molecule has 2 heterocycles. The summed E-state index contributed by atoms with van der Waals surface area (Å²) in [7, 11) is 1.89. The molecule has 4 aromatic rings. The van der Waals surface area contributed by atoms with E-state index in [2.05, 4.69) is 15.8 Å². The van der Waals surface area contributed by atoms with Crippen LogP contribution < -0.4 is 10.9 Å². The number of amides is 2. The zero-order chi connectivity index (χ0) is 19.0. The van der Waals surface area contributed by atoms with Gasteiger partial charge in [0.25, 0.3) is 5.91 Å². The molecule has 0 bridgehead atoms. The lowest BCUT2D eigenvalue weighted by Crippen LogP contribution is -2.42. The Bertz CT molecular complexity index is 1170. The van der Waals surface area contributed by atoms with Crippen LogP contribution in [0.25, 0.3) is 21.8 Å². The summed E-state index contributed by atoms with van der Waals surface area (Å²) < 4.78 is 1.89. The molecule has 2 amide bonds. The first-order valence-corrected chi connectivity index (χ1v) is 8.74. The highest BCUT2D eigenvalue weighted by molar-refractivity contribution is 6.07. The third-order valence-electron chi connectivity index (χ3n) is 4.82. The van der Waals surface area contributed by atoms with Gasteiger partial charge in [-0.3, -0.25) is 20.4 Å². The molecule has 0 aliphatic carbocycles. The molecule has 0 unspecified atom stereocenters. The second kappa shape index (κ2) is 6.64. The molecule has 6 nitrogen and oxygen atoms in total. The molecule has 0 saturated heterocycles. The summed E-state index contributed by atoms with van der Waals surface area (Å²) in [5, 5.41) is 1.87. The Balaban J connectivity index is 1.47. The van der Waals surface area contributed by atoms with Gasteiger partial charge in [0.05, 0.1) is 12.0 Å². The number of hydrogen-bond acceptors (Lipinski definition) is 2. The Morgan fingerprint density at radius 3 is 2.52 bits per heavy atom. The topological polar surface area (TPSA) is 78.9 Å². The monoisotopic (exact) mass is 360 g/mol. The smallest absolute Gasteiger partial charge is 0.271 e. The molecule has 2 aromatic carbocycles. The maximum absolute atomic E-state index is 12.5. The Hall–Kier alpha value is -3.54. The average Bonchev–Trinajstić information content (AvgIpc) is 3.17. The van der Waals surface area contributed by atoms with Crippen LogP contribution in [0, 0.1) is 6.92 Å². The number of fused-ring (bicyclic) bond motifs is 2. The number of carbonyl (C=O) groups excluding carboxylic acids is 2. The first-order valence-electron chi connectivity index (χ1n) is 8.74. The van der Waals surface area contributed by atoms with Crippen LogP contribution in [0.1, 0.15) is 21.6 Å². The van der Waals surface area contributed by atoms with Gasteiger partial charge in [-0.05, 0) is 24.6 Å². The summed E-state index contributed by atoms with van der Waals surface area (Å²) in [6.45, 7) is 1.94. The number of nitrogens with zero attached hydrogens (tertiary/aromatic N) is 1. The number of benzene rings is 2. The molecule has 27 heavy (non-hydrogen) atoms. The second-order valence-electron chi connectivity index (χ2n) is 6.62. The highest BCUT2D eigenvalue weighted by atomic mass is 16.2. The molecular weight excluding hydrogens is 340 g/mol. The van der Waals surface area contributed by atoms with E-state index in [1.165, 1.54) is 0 Å². The number of rotatable bonds is 3. The standard InChI is InChI=1S/C21H20N4O2/c1-13-16(14-7-3-5-9-18(14)22-13)11-20(26)23-24-21(27)17-12-25(2)19-10-6-4-8-15(17)19/h3-10,12,22H,11H2,1-2H3,(H,23,26)(H,24,27). The van der Waals surface area contributed by atoms with Crippen molar-refractivity contribution in [1.29, 1.82) is 0 Å². The second-order valence-corrected chi connectivity index (χ2v) is 6.62. The number of aromatic nitrogens is 2. The van der Waals surface area contributed by atoms with Crippen LogP contribution in [-0.2, 0) is 18.3 Å². The van der Waals surface area contributed by atoms with Crippen LogP contribution in [0.3, 0.4) is 0 Å². The van der Waals surface area contributed by atoms with E-state index >= 15 is 0 Å². The van der Waals surface area contributed by atoms with E-state index in [4.69, 9.17) is 0 Å². The van der Waals surface area contributed by atoms with Crippen molar-refractivity contribution in [2.75, 3.05) is 0 Å². The zero-order valence-corrected chi connectivity index (χ0v) is 15.2. The Morgan fingerprint density at radius 1 is 1.00 bits per heavy atom. The molecule has 0 spiro atoms. The maximum Gasteiger partial charge on any atom is 0.271 e. The quantitative estimate of drug-likeness (QED) is 0.491. The van der Waals surface area contributed by atoms with E-state index in [1.807, 2.05) is 67.1 Å². The van der Waals surface area contributed by atoms with Crippen molar-refractivity contribution in [2.24, 2.45) is 7.05 Å². The highest BCUT2D eigenvalue weighted by Gasteiger charge is 2.16. The van der Waals surface area contributed by atoms with Gasteiger partial charge in [-0.25, -0.2) is 0 Å². The number of H-pyrrole nitrogens is 1. The summed E-state index contributed by atoms with van der Waals surface area (Å²) in [5.74, 6) is -0.604. The van der Waals surface area contributed by atoms with Crippen LogP contribution >= 0.6 is 0 Å². The third kappa shape index (κ3) is 3.06. The Morgan fingerprint density at radius 2 is 1.70 bits per heavy atom. The largest absolute Gasteiger partial charge is 0.358 e. The SMILES string of the molecule is Cc1[nH]c2ccccc2c1CC(=O)NNC(=O)c1cn(C)c2ccccc12. The molecule has 0 aliphatic heterocycles. The molecule has 3 N–H and O–H groups in total. The number of nitrogens with one attached hydrogen (secondary N) is 3. The predicted octanol–water partition coefficient (Wildman–Crippen LogP) is 2.97. The lowest BCUT2D eigenvalue weighted by atomic mass is 10.1. The molecule has 4 rings (SSSR count). The number of aryl methyl sites for hydroxylation is 2. The Kier molecular flexibility index (Phi) is 4.16. The van der Waals surface area contributed by atoms with Gasteiger partial charge >= 0.3 is 0 Å². The summed E-state index contributed by atoms with van der Waals surface area (Å²) in [6, 6.07) is 15.5. The van der Waals surface area contributed by atoms with Crippen LogP contribution in [0.4, 0.5) is 0 Å². The van der Waals surface area contributed by atoms with E-state index < -0.39 is 0 Å². The van der Waals surface area contributed by atoms with E-state index in [0.717, 1.165) is 33.1 Å². The minimum Gasteiger partial charge on any atom is -0.358 e. The summed E-state index contributed by atoms with van der Waals surface area (Å²) in [6.07, 6.45) is 1.95. The van der Waals surface area contributed by atoms with E-state index in [9.17, 15) is 9.59 Å². The van der Waals surface area contributed by atoms with Crippen molar-refractivity contribution in [3.8, 4) is 0 Å². The van der Waals surface area contributed by atoms with E-state index in [1.54, 1.807) is 6.20 Å². The van der Waals surface area contributed by atoms with Gasteiger partial charge in [0, 0.05) is 40.7 Å². The van der Waals surface area contributed by atoms with Crippen LogP contribution in [-0.4, -0.2) is 21.4 Å². The molecular formula is C21H20N4O2. The molecule has 0 fully saturated rings. The van der Waals surface area contributed by atoms with Crippen LogP contribution in [0.15, 0.2) is 54.7 Å². The first kappa shape index (κ1) is 16.9. The lowest BCUT2D eigenvalue weighted by molar-refractivity contribution is -0.121. The van der Waals surface area contributed by atoms with Crippen molar-refractivity contribution < 1.29 is 9.59 Å². The summed E-state index contributed by atoms with van der Waals surface area (Å²) in [4.78, 5) is 28.2. The number of para-hydroxylation sites is 2. The highest BCUT2D eigenvalue weighted by Crippen LogP contribution is 2.22. The number of hydrogen-bond donors (Lipinski definition) is 3. The van der Waals surface area contributed by atoms with Crippen molar-refractivity contribution in [3.63, 3.8) is 0 Å². The van der Waals surface area contributed by atoms with Crippen molar-refractivity contribution in [3.05, 3.63) is 71.5 Å². The van der Waals surface area contributed by atoms with Crippen molar-refractivity contribution in [2.45, 2.75) is 13.3 Å². The van der Waals surface area contributed by atoms with Crippen LogP contribution in [0.2, 0.25) is 0 Å². The van der Waals surface area contributed by atoms with Crippen molar-refractivity contribution >= 4 is 33.6 Å². The van der Waals surface area contributed by atoms with Gasteiger partial charge in [0.1, 0.15) is 0 Å². The summed E-state index contributed by atoms with van der Waals surface area (Å²) >= 11 is 0. The predicted molar refractivity (Wildman–Crippen MR) is 105 cm³/mol. The number of hydrazine groups is 1. The average molecular weight is 360 g/mol. The van der Waals surface area contributed by atoms with Crippen LogP contribution in [0.5, 0.6) is 0 Å². The minimum absolute atomic E-state index is 0.186. The molecule has 6 heteroatoms. The van der Waals surface area contributed by atoms with Gasteiger partial charge < -0.3 is 9.55 Å². The van der Waals surface area contributed by atoms with Gasteiger partial charge in [0.2, 0.25) is 5.91 Å². The van der Waals surface area contributed by atoms with Crippen molar-refractivity contribution in [1.82, 2.24) is 20.4 Å². The molecule has 0 atom stereocenters. The fourth-order valence-corrected chi connectivity index (χ4v) is 3.48. The molecule has 2 aromatic heterocycles. The van der Waals surface area contributed by atoms with E-state index in [0.29, 0.717) is 5.56 Å². The van der Waals surface area contributed by atoms with Gasteiger partial charge in [0.15, 0.2) is 0 Å². The number of carbonyl (C=O) groups is 2. The minimum atomic E-state index is -0.337. The summed E-state index contributed by atoms with van der Waals surface area (Å²) in [5.41, 5.74) is 9.41. The fraction of sp³-hybridized carbons (Fsp3) is 0.143. The normalized spacial score (nSPS) is 11.0. The Labute approximate surface area is 156 Å².